The molecule has 1 fully saturated rings. The van der Waals surface area contributed by atoms with Gasteiger partial charge in [0.1, 0.15) is 23.2 Å². The molecule has 16 heteroatoms. The molecule has 0 radical (unpaired) electrons. The van der Waals surface area contributed by atoms with E-state index in [1.54, 1.807) is 6.92 Å². The second kappa shape index (κ2) is 11.6. The molecule has 6 rings (SSSR count). The lowest BCUT2D eigenvalue weighted by molar-refractivity contribution is -0.206. The highest BCUT2D eigenvalue weighted by molar-refractivity contribution is 6.53. The molecular formula is C33H33NO15. The number of carbonyl (C=O) groups is 5. The molecular weight excluding hydrogens is 650 g/mol. The Morgan fingerprint density at radius 1 is 1.04 bits per heavy atom. The van der Waals surface area contributed by atoms with Crippen LogP contribution in [0, 0.1) is 12.8 Å². The quantitative estimate of drug-likeness (QED) is 0.212. The molecule has 0 amide bonds. The van der Waals surface area contributed by atoms with Crippen LogP contribution in [0.3, 0.4) is 0 Å². The average Bonchev–Trinajstić information content (AvgIpc) is 3.02. The fourth-order valence-corrected chi connectivity index (χ4v) is 7.85. The number of aryl methyl sites for hydroxylation is 1. The van der Waals surface area contributed by atoms with Crippen molar-refractivity contribution in [2.75, 3.05) is 20.8 Å². The highest BCUT2D eigenvalue weighted by Gasteiger charge is 2.72. The van der Waals surface area contributed by atoms with Crippen LogP contribution in [-0.2, 0) is 26.2 Å². The molecule has 7 N–H and O–H groups in total. The Kier molecular flexibility index (Phi) is 8.14. The summed E-state index contributed by atoms with van der Waals surface area (Å²) >= 11 is 0. The third-order valence-corrected chi connectivity index (χ3v) is 10.2. The molecule has 0 aromatic heterocycles. The van der Waals surface area contributed by atoms with E-state index in [2.05, 4.69) is 4.99 Å². The van der Waals surface area contributed by atoms with E-state index >= 15 is 0 Å². The van der Waals surface area contributed by atoms with Crippen molar-refractivity contribution in [1.29, 1.82) is 0 Å². The summed E-state index contributed by atoms with van der Waals surface area (Å²) in [6.07, 6.45) is -7.39. The summed E-state index contributed by atoms with van der Waals surface area (Å²) < 4.78 is 16.4. The summed E-state index contributed by atoms with van der Waals surface area (Å²) in [4.78, 5) is 72.5. The monoisotopic (exact) mass is 683 g/mol. The van der Waals surface area contributed by atoms with Gasteiger partial charge >= 0.3 is 5.97 Å². The topological polar surface area (TPSA) is 267 Å². The largest absolute Gasteiger partial charge is 0.507 e. The normalized spacial score (nSPS) is 33.2. The van der Waals surface area contributed by atoms with Crippen molar-refractivity contribution in [3.05, 3.63) is 56.6 Å². The molecule has 16 nitrogen and oxygen atoms in total. The number of nitrogens with zero attached hydrogens (tertiary/aromatic N) is 1. The maximum absolute atomic E-state index is 14.5. The number of hydrogen-bond donors (Lipinski definition) is 7. The summed E-state index contributed by atoms with van der Waals surface area (Å²) in [5, 5.41) is 76.8. The van der Waals surface area contributed by atoms with Crippen molar-refractivity contribution in [3.63, 3.8) is 0 Å². The minimum atomic E-state index is -3.30. The lowest BCUT2D eigenvalue weighted by Crippen LogP contribution is -2.73. The van der Waals surface area contributed by atoms with Gasteiger partial charge in [-0.05, 0) is 31.0 Å². The number of Topliss-reactive ketones (excluding diaryl/α,β-unsaturated/α-hetero) is 4. The number of aromatic carboxylic acids is 1. The summed E-state index contributed by atoms with van der Waals surface area (Å²) in [6.45, 7) is 2.27. The number of carbonyl (C=O) groups excluding carboxylic acids is 4. The highest BCUT2D eigenvalue weighted by atomic mass is 16.6. The number of fused-ring (bicyclic) bond motifs is 5. The molecule has 1 unspecified atom stereocenters. The van der Waals surface area contributed by atoms with Gasteiger partial charge in [-0.25, -0.2) is 4.79 Å². The number of aliphatic imine (C=N–C) groups is 1. The van der Waals surface area contributed by atoms with Crippen molar-refractivity contribution >= 4 is 34.8 Å². The van der Waals surface area contributed by atoms with Crippen LogP contribution in [-0.4, -0.2) is 128 Å². The predicted octanol–water partition coefficient (Wildman–Crippen LogP) is -0.387. The molecule has 2 aromatic carbocycles. The third-order valence-electron chi connectivity index (χ3n) is 10.2. The van der Waals surface area contributed by atoms with Gasteiger partial charge in [-0.1, -0.05) is 6.07 Å². The van der Waals surface area contributed by atoms with Gasteiger partial charge in [0.2, 0.25) is 17.3 Å². The number of benzene rings is 2. The fourth-order valence-electron chi connectivity index (χ4n) is 7.85. The average molecular weight is 684 g/mol. The summed E-state index contributed by atoms with van der Waals surface area (Å²) in [5.74, 6) is -9.60. The molecule has 0 bridgehead atoms. The van der Waals surface area contributed by atoms with E-state index < -0.39 is 147 Å². The summed E-state index contributed by atoms with van der Waals surface area (Å²) in [6, 6.07) is 2.02. The van der Waals surface area contributed by atoms with Gasteiger partial charge in [-0.3, -0.25) is 24.2 Å². The maximum atomic E-state index is 14.5. The van der Waals surface area contributed by atoms with Crippen LogP contribution >= 0.6 is 0 Å². The van der Waals surface area contributed by atoms with E-state index in [4.69, 9.17) is 14.2 Å². The van der Waals surface area contributed by atoms with Crippen molar-refractivity contribution in [2.45, 2.75) is 68.5 Å². The Bertz CT molecular complexity index is 1900. The number of rotatable bonds is 5. The van der Waals surface area contributed by atoms with E-state index in [0.717, 1.165) is 13.2 Å². The van der Waals surface area contributed by atoms with E-state index in [0.29, 0.717) is 0 Å². The Morgan fingerprint density at radius 3 is 2.31 bits per heavy atom. The first-order valence-electron chi connectivity index (χ1n) is 15.2. The summed E-state index contributed by atoms with van der Waals surface area (Å²) in [7, 11) is 2.21. The molecule has 49 heavy (non-hydrogen) atoms. The molecule has 1 aliphatic heterocycles. The molecule has 0 saturated carbocycles. The number of aliphatic hydroxyl groups excluding tert-OH is 3. The first-order chi connectivity index (χ1) is 23.0. The Labute approximate surface area is 277 Å². The first kappa shape index (κ1) is 34.4. The molecule has 2 aromatic rings. The molecule has 260 valence electrons. The van der Waals surface area contributed by atoms with Crippen LogP contribution in [0.4, 0.5) is 0 Å². The SMILES string of the molecule is CO[C@@H]1[C@@H](O)[C@@H](CO)C(N=C2CC(=O)c3c(cc4c(c3O)C(=O)[C@]3(OC)[C@H](O)Cc5cc(C)c(C(=O)O)c(O)c5[C@]3(O)C4=O)C2=O)O[C@H]1C. The van der Waals surface area contributed by atoms with Gasteiger partial charge in [-0.2, -0.15) is 0 Å². The molecule has 1 saturated heterocycles. The van der Waals surface area contributed by atoms with E-state index in [9.17, 15) is 59.7 Å². The van der Waals surface area contributed by atoms with Crippen LogP contribution in [0.5, 0.6) is 11.5 Å². The number of carboxylic acids is 1. The van der Waals surface area contributed by atoms with Crippen LogP contribution in [0.25, 0.3) is 0 Å². The molecule has 0 spiro atoms. The van der Waals surface area contributed by atoms with E-state index in [-0.39, 0.29) is 11.1 Å². The molecule has 3 aliphatic carbocycles. The van der Waals surface area contributed by atoms with E-state index in [1.165, 1.54) is 20.1 Å². The van der Waals surface area contributed by atoms with E-state index in [1.807, 2.05) is 0 Å². The van der Waals surface area contributed by atoms with Gasteiger partial charge < -0.3 is 50.0 Å². The smallest absolute Gasteiger partial charge is 0.339 e. The minimum absolute atomic E-state index is 0.0205. The molecule has 8 atom stereocenters. The predicted molar refractivity (Wildman–Crippen MR) is 162 cm³/mol. The van der Waals surface area contributed by atoms with Crippen molar-refractivity contribution in [2.24, 2.45) is 10.9 Å². The van der Waals surface area contributed by atoms with Crippen molar-refractivity contribution < 1.29 is 73.9 Å². The number of ketones is 4. The lowest BCUT2D eigenvalue weighted by Gasteiger charge is -2.52. The maximum Gasteiger partial charge on any atom is 0.339 e. The number of methoxy groups -OCH3 is 2. The highest BCUT2D eigenvalue weighted by Crippen LogP contribution is 2.56. The Balaban J connectivity index is 1.55. The van der Waals surface area contributed by atoms with Gasteiger partial charge in [0, 0.05) is 37.3 Å². The number of carboxylic acid groups (broad SMARTS) is 1. The van der Waals surface area contributed by atoms with Crippen LogP contribution < -0.4 is 0 Å². The van der Waals surface area contributed by atoms with Crippen LogP contribution in [0.15, 0.2) is 17.1 Å². The number of hydrogen-bond acceptors (Lipinski definition) is 15. The van der Waals surface area contributed by atoms with Gasteiger partial charge in [0.15, 0.2) is 23.2 Å². The standard InChI is InChI=1S/C33H33NO15/c1-10-5-12-6-18(37)33(48-4)29(43)21-14(28(42)32(33,46)22(12)26(41)19(10)31(44)45)7-13-20(25(21)40)17(36)8-16(23(13)38)34-30-15(9-35)24(39)27(47-3)11(2)49-30/h5,7,11,15,18,24,27,30,35,37,39-41,46H,6,8-9H2,1-4H3,(H,44,45)/t11-,15+,18+,24-,27-,30?,32-,33+/m0/s1. The third kappa shape index (κ3) is 4.35. The summed E-state index contributed by atoms with van der Waals surface area (Å²) in [5.41, 5.74) is -11.0. The zero-order chi connectivity index (χ0) is 36.1. The van der Waals surface area contributed by atoms with Crippen molar-refractivity contribution in [1.82, 2.24) is 0 Å². The second-order valence-electron chi connectivity index (χ2n) is 12.6. The number of ether oxygens (including phenoxy) is 3. The van der Waals surface area contributed by atoms with Crippen LogP contribution in [0.2, 0.25) is 0 Å². The number of aromatic hydroxyl groups is 2. The Hall–Kier alpha value is -4.42. The van der Waals surface area contributed by atoms with Crippen molar-refractivity contribution in [3.8, 4) is 11.5 Å². The van der Waals surface area contributed by atoms with Crippen LogP contribution in [0.1, 0.15) is 81.8 Å². The minimum Gasteiger partial charge on any atom is -0.507 e. The lowest BCUT2D eigenvalue weighted by atomic mass is 9.56. The zero-order valence-corrected chi connectivity index (χ0v) is 26.6. The zero-order valence-electron chi connectivity index (χ0n) is 26.6. The second-order valence-corrected chi connectivity index (χ2v) is 12.6. The molecule has 1 heterocycles. The Morgan fingerprint density at radius 2 is 1.71 bits per heavy atom. The van der Waals surface area contributed by atoms with Gasteiger partial charge in [0.05, 0.1) is 54.1 Å². The molecule has 4 aliphatic rings. The first-order valence-corrected chi connectivity index (χ1v) is 15.2. The number of aliphatic hydroxyl groups is 4. The van der Waals surface area contributed by atoms with Gasteiger partial charge in [0.25, 0.3) is 0 Å². The number of phenolic OH excluding ortho intramolecular Hbond substituents is 1. The van der Waals surface area contributed by atoms with Gasteiger partial charge in [-0.15, -0.1) is 0 Å². The fraction of sp³-hybridized carbons (Fsp3) is 0.455. The number of phenols is 2.